The van der Waals surface area contributed by atoms with Gasteiger partial charge in [-0.3, -0.25) is 4.79 Å². The van der Waals surface area contributed by atoms with Crippen LogP contribution in [0.4, 0.5) is 0 Å². The number of aryl methyl sites for hydroxylation is 1. The minimum atomic E-state index is -0.823. The van der Waals surface area contributed by atoms with E-state index in [1.165, 1.54) is 5.56 Å². The summed E-state index contributed by atoms with van der Waals surface area (Å²) in [5, 5.41) is 19.9. The van der Waals surface area contributed by atoms with Gasteiger partial charge in [-0.2, -0.15) is 0 Å². The Balaban J connectivity index is 2.10. The van der Waals surface area contributed by atoms with Gasteiger partial charge in [0.2, 0.25) is 0 Å². The molecule has 0 aromatic heterocycles. The number of aromatic hydroxyl groups is 1. The lowest BCUT2D eigenvalue weighted by atomic mass is 9.63. The molecule has 2 aliphatic rings. The van der Waals surface area contributed by atoms with Gasteiger partial charge in [0.15, 0.2) is 0 Å². The van der Waals surface area contributed by atoms with Gasteiger partial charge in [0, 0.05) is 5.56 Å². The third kappa shape index (κ3) is 1.46. The van der Waals surface area contributed by atoms with Crippen LogP contribution in [-0.4, -0.2) is 16.2 Å². The summed E-state index contributed by atoms with van der Waals surface area (Å²) in [4.78, 5) is 11.5. The number of aliphatic carboxylic acids is 1. The zero-order valence-electron chi connectivity index (χ0n) is 10.4. The van der Waals surface area contributed by atoms with Gasteiger partial charge in [-0.1, -0.05) is 18.6 Å². The summed E-state index contributed by atoms with van der Waals surface area (Å²) < 4.78 is 0. The number of carbonyl (C=O) groups is 1. The second-order valence-electron chi connectivity index (χ2n) is 5.55. The molecule has 3 rings (SSSR count). The molecule has 0 unspecified atom stereocenters. The third-order valence-electron chi connectivity index (χ3n) is 4.63. The first-order valence-electron chi connectivity index (χ1n) is 6.73. The highest BCUT2D eigenvalue weighted by atomic mass is 16.4. The van der Waals surface area contributed by atoms with Crippen molar-refractivity contribution >= 4 is 5.97 Å². The molecule has 0 atom stereocenters. The molecule has 1 saturated carbocycles. The van der Waals surface area contributed by atoms with E-state index in [2.05, 4.69) is 0 Å². The monoisotopic (exact) mass is 246 g/mol. The van der Waals surface area contributed by atoms with E-state index in [0.29, 0.717) is 18.4 Å². The molecule has 0 amide bonds. The van der Waals surface area contributed by atoms with Crippen LogP contribution in [0.25, 0.3) is 0 Å². The number of phenols is 1. The summed E-state index contributed by atoms with van der Waals surface area (Å²) in [5.74, 6) is -0.533. The summed E-state index contributed by atoms with van der Waals surface area (Å²) in [6, 6.07) is 3.86. The number of hydrogen-bond donors (Lipinski definition) is 2. The van der Waals surface area contributed by atoms with Crippen molar-refractivity contribution < 1.29 is 15.0 Å². The van der Waals surface area contributed by atoms with Crippen molar-refractivity contribution in [2.24, 2.45) is 0 Å². The third-order valence-corrected chi connectivity index (χ3v) is 4.63. The first kappa shape index (κ1) is 11.6. The van der Waals surface area contributed by atoms with Crippen LogP contribution in [0.3, 0.4) is 0 Å². The van der Waals surface area contributed by atoms with Crippen LogP contribution < -0.4 is 0 Å². The van der Waals surface area contributed by atoms with Crippen molar-refractivity contribution in [2.45, 2.75) is 50.4 Å². The fraction of sp³-hybridized carbons (Fsp3) is 0.533. The Kier molecular flexibility index (Phi) is 2.58. The predicted molar refractivity (Wildman–Crippen MR) is 67.9 cm³/mol. The summed E-state index contributed by atoms with van der Waals surface area (Å²) in [5.41, 5.74) is 2.01. The van der Waals surface area contributed by atoms with Gasteiger partial charge in [0.1, 0.15) is 5.75 Å². The Labute approximate surface area is 106 Å². The highest BCUT2D eigenvalue weighted by Crippen LogP contribution is 2.49. The zero-order chi connectivity index (χ0) is 12.8. The largest absolute Gasteiger partial charge is 0.507 e. The van der Waals surface area contributed by atoms with Crippen LogP contribution >= 0.6 is 0 Å². The quantitative estimate of drug-likeness (QED) is 0.843. The van der Waals surface area contributed by atoms with Crippen molar-refractivity contribution in [2.75, 3.05) is 0 Å². The van der Waals surface area contributed by atoms with Gasteiger partial charge in [0.05, 0.1) is 5.41 Å². The Morgan fingerprint density at radius 3 is 2.44 bits per heavy atom. The Morgan fingerprint density at radius 2 is 1.83 bits per heavy atom. The minimum absolute atomic E-state index is 0.259. The van der Waals surface area contributed by atoms with Crippen LogP contribution in [0.15, 0.2) is 12.1 Å². The van der Waals surface area contributed by atoms with Crippen molar-refractivity contribution in [3.63, 3.8) is 0 Å². The summed E-state index contributed by atoms with van der Waals surface area (Å²) >= 11 is 0. The number of carboxylic acid groups (broad SMARTS) is 1. The molecule has 3 nitrogen and oxygen atoms in total. The lowest BCUT2D eigenvalue weighted by molar-refractivity contribution is -0.147. The highest BCUT2D eigenvalue weighted by molar-refractivity contribution is 5.84. The zero-order valence-corrected chi connectivity index (χ0v) is 10.4. The predicted octanol–water partition coefficient (Wildman–Crippen LogP) is 2.78. The molecular weight excluding hydrogens is 228 g/mol. The molecule has 1 aromatic carbocycles. The highest BCUT2D eigenvalue weighted by Gasteiger charge is 2.48. The number of benzene rings is 1. The maximum absolute atomic E-state index is 11.5. The molecule has 96 valence electrons. The standard InChI is InChI=1S/C15H18O3/c16-13-11-5-2-1-4-10(11)6-7-12(13)15(14(17)18)8-3-9-15/h6-7,16H,1-5,8-9H2,(H,17,18). The van der Waals surface area contributed by atoms with E-state index in [1.807, 2.05) is 12.1 Å². The van der Waals surface area contributed by atoms with Crippen molar-refractivity contribution in [1.82, 2.24) is 0 Å². The van der Waals surface area contributed by atoms with Crippen LogP contribution in [0, 0.1) is 0 Å². The van der Waals surface area contributed by atoms with Gasteiger partial charge in [-0.15, -0.1) is 0 Å². The molecule has 18 heavy (non-hydrogen) atoms. The van der Waals surface area contributed by atoms with E-state index in [9.17, 15) is 15.0 Å². The molecule has 0 heterocycles. The van der Waals surface area contributed by atoms with E-state index in [-0.39, 0.29) is 5.75 Å². The van der Waals surface area contributed by atoms with E-state index in [4.69, 9.17) is 0 Å². The van der Waals surface area contributed by atoms with Crippen molar-refractivity contribution in [3.8, 4) is 5.75 Å². The van der Waals surface area contributed by atoms with Gasteiger partial charge in [0.25, 0.3) is 0 Å². The van der Waals surface area contributed by atoms with Crippen LogP contribution in [-0.2, 0) is 23.1 Å². The number of hydrogen-bond acceptors (Lipinski definition) is 2. The van der Waals surface area contributed by atoms with E-state index < -0.39 is 11.4 Å². The molecule has 0 spiro atoms. The second kappa shape index (κ2) is 4.01. The average molecular weight is 246 g/mol. The lowest BCUT2D eigenvalue weighted by Crippen LogP contribution is -2.42. The van der Waals surface area contributed by atoms with E-state index >= 15 is 0 Å². The molecule has 3 heteroatoms. The van der Waals surface area contributed by atoms with E-state index in [0.717, 1.165) is 37.7 Å². The van der Waals surface area contributed by atoms with Crippen molar-refractivity contribution in [1.29, 1.82) is 0 Å². The Bertz CT molecular complexity index is 501. The summed E-state index contributed by atoms with van der Waals surface area (Å²) in [6.45, 7) is 0. The number of fused-ring (bicyclic) bond motifs is 1. The average Bonchev–Trinajstić information content (AvgIpc) is 2.30. The maximum atomic E-state index is 11.5. The smallest absolute Gasteiger partial charge is 0.314 e. The lowest BCUT2D eigenvalue weighted by Gasteiger charge is -2.39. The van der Waals surface area contributed by atoms with Crippen LogP contribution in [0.1, 0.15) is 48.8 Å². The topological polar surface area (TPSA) is 57.5 Å². The molecule has 2 aliphatic carbocycles. The minimum Gasteiger partial charge on any atom is -0.507 e. The second-order valence-corrected chi connectivity index (χ2v) is 5.55. The van der Waals surface area contributed by atoms with Crippen LogP contribution in [0.2, 0.25) is 0 Å². The first-order chi connectivity index (χ1) is 8.65. The maximum Gasteiger partial charge on any atom is 0.314 e. The first-order valence-corrected chi connectivity index (χ1v) is 6.73. The van der Waals surface area contributed by atoms with Crippen LogP contribution in [0.5, 0.6) is 5.75 Å². The molecule has 1 aromatic rings. The summed E-state index contributed by atoms with van der Waals surface area (Å²) in [7, 11) is 0. The number of rotatable bonds is 2. The van der Waals surface area contributed by atoms with E-state index in [1.54, 1.807) is 0 Å². The Morgan fingerprint density at radius 1 is 1.11 bits per heavy atom. The Hall–Kier alpha value is -1.51. The van der Waals surface area contributed by atoms with Crippen molar-refractivity contribution in [3.05, 3.63) is 28.8 Å². The van der Waals surface area contributed by atoms with Gasteiger partial charge in [-0.25, -0.2) is 0 Å². The molecular formula is C15H18O3. The summed E-state index contributed by atoms with van der Waals surface area (Å²) in [6.07, 6.45) is 6.36. The SMILES string of the molecule is O=C(O)C1(c2ccc3c(c2O)CCCC3)CCC1. The molecule has 0 saturated heterocycles. The molecule has 2 N–H and O–H groups in total. The van der Waals surface area contributed by atoms with Gasteiger partial charge < -0.3 is 10.2 Å². The number of carboxylic acids is 1. The fourth-order valence-electron chi connectivity index (χ4n) is 3.32. The number of phenolic OH excluding ortho intramolecular Hbond substituents is 1. The molecule has 0 radical (unpaired) electrons. The molecule has 0 bridgehead atoms. The molecule has 1 fully saturated rings. The fourth-order valence-corrected chi connectivity index (χ4v) is 3.32. The van der Waals surface area contributed by atoms with Gasteiger partial charge in [-0.05, 0) is 49.7 Å². The van der Waals surface area contributed by atoms with Gasteiger partial charge >= 0.3 is 5.97 Å². The molecule has 0 aliphatic heterocycles. The normalized spacial score (nSPS) is 20.9.